The molecule has 0 saturated carbocycles. The fourth-order valence-corrected chi connectivity index (χ4v) is 2.77. The fraction of sp³-hybridized carbons (Fsp3) is 0.286. The third-order valence-electron chi connectivity index (χ3n) is 4.21. The van der Waals surface area contributed by atoms with Crippen molar-refractivity contribution in [1.82, 2.24) is 9.97 Å². The van der Waals surface area contributed by atoms with E-state index < -0.39 is 13.0 Å². The molecule has 3 aromatic rings. The number of aromatic nitrogens is 2. The number of alkyl halides is 2. The van der Waals surface area contributed by atoms with Crippen molar-refractivity contribution in [2.24, 2.45) is 0 Å². The summed E-state index contributed by atoms with van der Waals surface area (Å²) in [6.45, 7) is 1.09. The van der Waals surface area contributed by atoms with Gasteiger partial charge in [-0.1, -0.05) is 6.07 Å². The molecule has 29 heavy (non-hydrogen) atoms. The zero-order valence-corrected chi connectivity index (χ0v) is 16.0. The summed E-state index contributed by atoms with van der Waals surface area (Å²) in [5.74, 6) is 0.731. The van der Waals surface area contributed by atoms with Crippen molar-refractivity contribution in [3.05, 3.63) is 59.7 Å². The Bertz CT molecular complexity index is 988. The molecule has 0 aliphatic heterocycles. The molecule has 0 spiro atoms. The maximum atomic E-state index is 12.5. The molecular formula is C21H20F2N2O4. The summed E-state index contributed by atoms with van der Waals surface area (Å²) in [5.41, 5.74) is 2.43. The molecule has 2 aromatic heterocycles. The smallest absolute Gasteiger partial charge is 0.272 e. The molecule has 2 heterocycles. The Balaban J connectivity index is 1.70. The number of methoxy groups -OCH3 is 1. The number of carbonyl (C=O) groups is 1. The van der Waals surface area contributed by atoms with Gasteiger partial charge in [-0.05, 0) is 36.8 Å². The van der Waals surface area contributed by atoms with E-state index in [2.05, 4.69) is 9.97 Å². The molecule has 152 valence electrons. The molecule has 8 heteroatoms. The van der Waals surface area contributed by atoms with Crippen LogP contribution in [0, 0.1) is 6.92 Å². The summed E-state index contributed by atoms with van der Waals surface area (Å²) < 4.78 is 40.6. The summed E-state index contributed by atoms with van der Waals surface area (Å²) in [4.78, 5) is 20.8. The highest BCUT2D eigenvalue weighted by Crippen LogP contribution is 2.32. The van der Waals surface area contributed by atoms with Crippen molar-refractivity contribution >= 4 is 5.78 Å². The average Bonchev–Trinajstić information content (AvgIpc) is 3.19. The first kappa shape index (κ1) is 20.4. The Morgan fingerprint density at radius 3 is 2.79 bits per heavy atom. The number of oxazole rings is 1. The highest BCUT2D eigenvalue weighted by atomic mass is 19.3. The summed E-state index contributed by atoms with van der Waals surface area (Å²) in [6.07, 6.45) is 1.10. The van der Waals surface area contributed by atoms with E-state index in [9.17, 15) is 13.6 Å². The Hall–Kier alpha value is -3.29. The third-order valence-corrected chi connectivity index (χ3v) is 4.21. The van der Waals surface area contributed by atoms with Gasteiger partial charge in [0.1, 0.15) is 18.6 Å². The third kappa shape index (κ3) is 5.16. The van der Waals surface area contributed by atoms with E-state index in [1.165, 1.54) is 19.4 Å². The second-order valence-corrected chi connectivity index (χ2v) is 6.30. The quantitative estimate of drug-likeness (QED) is 0.490. The van der Waals surface area contributed by atoms with Crippen LogP contribution in [0.15, 0.2) is 47.2 Å². The van der Waals surface area contributed by atoms with Gasteiger partial charge >= 0.3 is 0 Å². The molecule has 0 atom stereocenters. The molecule has 1 aromatic carbocycles. The molecule has 0 fully saturated rings. The van der Waals surface area contributed by atoms with E-state index in [-0.39, 0.29) is 18.0 Å². The Morgan fingerprint density at radius 1 is 1.24 bits per heavy atom. The first-order chi connectivity index (χ1) is 14.0. The lowest BCUT2D eigenvalue weighted by Crippen LogP contribution is -2.07. The number of pyridine rings is 1. The highest BCUT2D eigenvalue weighted by Gasteiger charge is 2.15. The fourth-order valence-electron chi connectivity index (χ4n) is 2.77. The van der Waals surface area contributed by atoms with Crippen LogP contribution < -0.4 is 9.47 Å². The number of aryl methyl sites for hydroxylation is 2. The number of benzene rings is 1. The molecule has 3 rings (SSSR count). The summed E-state index contributed by atoms with van der Waals surface area (Å²) in [7, 11) is 1.42. The van der Waals surface area contributed by atoms with E-state index in [1.807, 2.05) is 13.0 Å². The van der Waals surface area contributed by atoms with Gasteiger partial charge in [0, 0.05) is 24.6 Å². The molecule has 0 unspecified atom stereocenters. The van der Waals surface area contributed by atoms with Gasteiger partial charge in [-0.2, -0.15) is 0 Å². The lowest BCUT2D eigenvalue weighted by molar-refractivity contribution is 0.0804. The van der Waals surface area contributed by atoms with E-state index in [4.69, 9.17) is 13.9 Å². The number of carbonyl (C=O) groups excluding carboxylic acids is 1. The molecule has 0 bridgehead atoms. The predicted molar refractivity (Wildman–Crippen MR) is 102 cm³/mol. The molecule has 0 aliphatic carbocycles. The van der Waals surface area contributed by atoms with E-state index in [0.717, 1.165) is 5.56 Å². The van der Waals surface area contributed by atoms with Crippen molar-refractivity contribution < 1.29 is 27.5 Å². The van der Waals surface area contributed by atoms with Crippen molar-refractivity contribution in [3.8, 4) is 23.0 Å². The van der Waals surface area contributed by atoms with E-state index in [0.29, 0.717) is 35.0 Å². The van der Waals surface area contributed by atoms with Gasteiger partial charge in [-0.3, -0.25) is 9.78 Å². The van der Waals surface area contributed by atoms with Crippen molar-refractivity contribution in [1.29, 1.82) is 0 Å². The first-order valence-corrected chi connectivity index (χ1v) is 8.96. The van der Waals surface area contributed by atoms with Gasteiger partial charge in [-0.25, -0.2) is 13.8 Å². The average molecular weight is 402 g/mol. The number of hydrogen-bond acceptors (Lipinski definition) is 6. The van der Waals surface area contributed by atoms with Crippen LogP contribution in [-0.4, -0.2) is 35.9 Å². The normalized spacial score (nSPS) is 10.9. The van der Waals surface area contributed by atoms with Crippen molar-refractivity contribution in [2.45, 2.75) is 26.2 Å². The lowest BCUT2D eigenvalue weighted by atomic mass is 10.1. The van der Waals surface area contributed by atoms with Crippen LogP contribution in [0.4, 0.5) is 8.78 Å². The molecule has 0 N–H and O–H groups in total. The van der Waals surface area contributed by atoms with Crippen LogP contribution in [0.5, 0.6) is 11.5 Å². The van der Waals surface area contributed by atoms with Crippen molar-refractivity contribution in [2.75, 3.05) is 13.7 Å². The zero-order valence-electron chi connectivity index (χ0n) is 16.0. The van der Waals surface area contributed by atoms with Crippen molar-refractivity contribution in [3.63, 3.8) is 0 Å². The second kappa shape index (κ2) is 9.27. The molecule has 0 aliphatic rings. The second-order valence-electron chi connectivity index (χ2n) is 6.30. The summed E-state index contributed by atoms with van der Waals surface area (Å²) in [5, 5.41) is 0. The van der Waals surface area contributed by atoms with Gasteiger partial charge < -0.3 is 13.9 Å². The number of ether oxygens (including phenoxy) is 2. The number of nitrogens with zero attached hydrogens (tertiary/aromatic N) is 2. The maximum absolute atomic E-state index is 12.5. The number of hydrogen-bond donors (Lipinski definition) is 0. The minimum Gasteiger partial charge on any atom is -0.493 e. The Labute approximate surface area is 166 Å². The number of rotatable bonds is 9. The highest BCUT2D eigenvalue weighted by molar-refractivity contribution is 5.95. The van der Waals surface area contributed by atoms with Gasteiger partial charge in [0.15, 0.2) is 17.3 Å². The number of Topliss-reactive ketones (excluding diaryl/α,β-unsaturated/α-hetero) is 1. The van der Waals surface area contributed by atoms with Gasteiger partial charge in [0.25, 0.3) is 6.43 Å². The SMILES string of the molecule is COc1ccc(-c2nc(CCC(=O)c3ncccc3C)co2)cc1OCC(F)F. The van der Waals surface area contributed by atoms with Gasteiger partial charge in [-0.15, -0.1) is 0 Å². The van der Waals surface area contributed by atoms with Crippen LogP contribution >= 0.6 is 0 Å². The standard InChI is InChI=1S/C21H20F2N2O4/c1-13-4-3-9-24-20(13)16(26)7-6-15-11-29-21(25-15)14-5-8-17(27-2)18(10-14)28-12-19(22)23/h3-5,8-11,19H,6-7,12H2,1-2H3. The molecule has 0 radical (unpaired) electrons. The topological polar surface area (TPSA) is 74.5 Å². The number of halogens is 2. The van der Waals surface area contributed by atoms with Gasteiger partial charge in [0.2, 0.25) is 5.89 Å². The first-order valence-electron chi connectivity index (χ1n) is 8.96. The summed E-state index contributed by atoms with van der Waals surface area (Å²) in [6, 6.07) is 8.43. The minimum atomic E-state index is -2.60. The molecule has 6 nitrogen and oxygen atoms in total. The molecule has 0 amide bonds. The molecule has 0 saturated heterocycles. The van der Waals surface area contributed by atoms with Crippen LogP contribution in [0.2, 0.25) is 0 Å². The summed E-state index contributed by atoms with van der Waals surface area (Å²) >= 11 is 0. The van der Waals surface area contributed by atoms with Gasteiger partial charge in [0.05, 0.1) is 12.8 Å². The van der Waals surface area contributed by atoms with Crippen LogP contribution in [-0.2, 0) is 6.42 Å². The monoisotopic (exact) mass is 402 g/mol. The number of ketones is 1. The van der Waals surface area contributed by atoms with E-state index >= 15 is 0 Å². The lowest BCUT2D eigenvalue weighted by Gasteiger charge is -2.11. The van der Waals surface area contributed by atoms with Crippen LogP contribution in [0.25, 0.3) is 11.5 Å². The van der Waals surface area contributed by atoms with E-state index in [1.54, 1.807) is 24.4 Å². The molecular weight excluding hydrogens is 382 g/mol. The predicted octanol–water partition coefficient (Wildman–Crippen LogP) is 4.51. The maximum Gasteiger partial charge on any atom is 0.272 e. The Morgan fingerprint density at radius 2 is 2.07 bits per heavy atom. The van der Waals surface area contributed by atoms with Crippen LogP contribution in [0.3, 0.4) is 0 Å². The minimum absolute atomic E-state index is 0.0696. The van der Waals surface area contributed by atoms with Crippen LogP contribution in [0.1, 0.15) is 28.2 Å². The largest absolute Gasteiger partial charge is 0.493 e. The Kier molecular flexibility index (Phi) is 6.54. The zero-order chi connectivity index (χ0) is 20.8.